The Morgan fingerprint density at radius 1 is 1.27 bits per heavy atom. The molecule has 5 rings (SSSR count). The minimum atomic E-state index is -0.992. The lowest BCUT2D eigenvalue weighted by Crippen LogP contribution is -2.71. The van der Waals surface area contributed by atoms with E-state index in [0.717, 1.165) is 11.3 Å². The summed E-state index contributed by atoms with van der Waals surface area (Å²) in [6, 6.07) is 2.44. The molecule has 0 aromatic carbocycles. The van der Waals surface area contributed by atoms with Gasteiger partial charge in [-0.15, -0.1) is 37.9 Å². The van der Waals surface area contributed by atoms with Crippen LogP contribution < -0.4 is 11.1 Å². The van der Waals surface area contributed by atoms with Crippen LogP contribution in [0.4, 0.5) is 5.13 Å². The average molecular weight is 675 g/mol. The molecule has 0 saturated carbocycles. The Hall–Kier alpha value is -4.56. The van der Waals surface area contributed by atoms with Gasteiger partial charge >= 0.3 is 11.9 Å². The van der Waals surface area contributed by atoms with Crippen molar-refractivity contribution < 1.29 is 33.5 Å². The van der Waals surface area contributed by atoms with Crippen LogP contribution in [0.5, 0.6) is 0 Å². The number of hydrogen-bond donors (Lipinski definition) is 2. The predicted molar refractivity (Wildman–Crippen MR) is 162 cm³/mol. The monoisotopic (exact) mass is 674 g/mol. The van der Waals surface area contributed by atoms with Crippen molar-refractivity contribution in [2.45, 2.75) is 37.2 Å². The molecule has 3 aromatic heterocycles. The van der Waals surface area contributed by atoms with Crippen molar-refractivity contribution >= 4 is 75.1 Å². The second-order valence-corrected chi connectivity index (χ2v) is 13.2. The lowest BCUT2D eigenvalue weighted by Gasteiger charge is -2.49. The second kappa shape index (κ2) is 13.2. The zero-order valence-electron chi connectivity index (χ0n) is 24.2. The summed E-state index contributed by atoms with van der Waals surface area (Å²) in [5.74, 6) is -2.43. The Labute approximate surface area is 267 Å². The summed E-state index contributed by atoms with van der Waals surface area (Å²) in [7, 11) is 1.27. The number of nitrogens with two attached hydrogens (primary N) is 1. The highest BCUT2D eigenvalue weighted by Crippen LogP contribution is 2.41. The van der Waals surface area contributed by atoms with Gasteiger partial charge in [-0.05, 0) is 60.4 Å². The zero-order chi connectivity index (χ0) is 32.3. The quantitative estimate of drug-likeness (QED) is 0.0764. The number of thioether (sulfide) groups is 2. The van der Waals surface area contributed by atoms with E-state index in [9.17, 15) is 19.2 Å². The molecular weight excluding hydrogens is 649 g/mol. The van der Waals surface area contributed by atoms with Gasteiger partial charge in [0.05, 0.1) is 5.41 Å². The number of amides is 2. The number of anilines is 1. The highest BCUT2D eigenvalue weighted by atomic mass is 32.2. The number of nitrogen functional groups attached to an aromatic ring is 1. The number of rotatable bonds is 10. The molecule has 1 fully saturated rings. The maximum absolute atomic E-state index is 13.4. The molecule has 1 saturated heterocycles. The van der Waals surface area contributed by atoms with Crippen LogP contribution >= 0.6 is 34.9 Å². The molecule has 0 aliphatic carbocycles. The minimum absolute atomic E-state index is 0.0418. The Morgan fingerprint density at radius 2 is 2.07 bits per heavy atom. The maximum atomic E-state index is 13.4. The molecule has 17 nitrogen and oxygen atoms in total. The van der Waals surface area contributed by atoms with Gasteiger partial charge in [0.1, 0.15) is 34.9 Å². The van der Waals surface area contributed by atoms with E-state index in [4.69, 9.17) is 20.0 Å². The lowest BCUT2D eigenvalue weighted by atomic mass is 9.98. The number of esters is 2. The summed E-state index contributed by atoms with van der Waals surface area (Å²) in [4.78, 5) is 62.1. The third-order valence-electron chi connectivity index (χ3n) is 6.14. The van der Waals surface area contributed by atoms with Crippen molar-refractivity contribution in [3.63, 3.8) is 0 Å². The number of nitrogens with zero attached hydrogens (tertiary/aromatic N) is 8. The van der Waals surface area contributed by atoms with Crippen LogP contribution in [-0.4, -0.2) is 95.7 Å². The summed E-state index contributed by atoms with van der Waals surface area (Å²) < 4.78 is 11.6. The molecule has 5 heterocycles. The number of oxime groups is 1. The standard InChI is InChI=1S/C25H26N10O7S3/c1-25(2,3)23(39)42-11-41-22(38)18-12(7-8-43-15-6-5-14-29-32-33-35(14)30-15)9-44-21-17(20(37)34(18)21)28-19(36)16(31-40-4)13-10-45-24(26)27-13/h5-8,10,17,21H,9,11H2,1-4H3,(H2,26,27)(H,28,36)/b8-7+,31-16?/t17-,21-/m1/s1. The molecule has 2 amide bonds. The molecule has 0 unspecified atom stereocenters. The average Bonchev–Trinajstić information content (AvgIpc) is 3.66. The molecule has 0 radical (unpaired) electrons. The Bertz CT molecular complexity index is 1750. The molecular formula is C25H26N10O7S3. The number of allylic oxidation sites excluding steroid dienone is 1. The van der Waals surface area contributed by atoms with E-state index < -0.39 is 47.4 Å². The van der Waals surface area contributed by atoms with Crippen LogP contribution in [0.15, 0.2) is 50.4 Å². The van der Waals surface area contributed by atoms with E-state index >= 15 is 0 Å². The largest absolute Gasteiger partial charge is 0.427 e. The third kappa shape index (κ3) is 6.91. The maximum Gasteiger partial charge on any atom is 0.358 e. The lowest BCUT2D eigenvalue weighted by molar-refractivity contribution is -0.173. The van der Waals surface area contributed by atoms with Gasteiger partial charge in [-0.2, -0.15) is 0 Å². The first-order valence-corrected chi connectivity index (χ1v) is 15.8. The van der Waals surface area contributed by atoms with E-state index in [1.807, 2.05) is 0 Å². The second-order valence-electron chi connectivity index (χ2n) is 10.3. The number of carbonyl (C=O) groups is 4. The highest BCUT2D eigenvalue weighted by Gasteiger charge is 2.54. The number of thiazole rings is 1. The fourth-order valence-electron chi connectivity index (χ4n) is 3.97. The molecule has 0 bridgehead atoms. The molecule has 20 heteroatoms. The number of β-lactam (4-membered cyclic amide) rings is 1. The van der Waals surface area contributed by atoms with Gasteiger partial charge in [0.25, 0.3) is 11.8 Å². The topological polar surface area (TPSA) is 218 Å². The summed E-state index contributed by atoms with van der Waals surface area (Å²) >= 11 is 3.68. The van der Waals surface area contributed by atoms with Crippen molar-refractivity contribution in [1.82, 2.24) is 40.5 Å². The SMILES string of the molecule is CON=C(C(=O)N[C@@H]1C(=O)N2C(C(=O)OCOC(=O)C(C)(C)C)=C(/C=C/Sc3ccc4nnnn4n3)CS[C@H]12)c1csc(N)n1. The summed E-state index contributed by atoms with van der Waals surface area (Å²) in [5.41, 5.74) is 5.81. The van der Waals surface area contributed by atoms with E-state index in [2.05, 4.69) is 36.1 Å². The van der Waals surface area contributed by atoms with Gasteiger partial charge in [0, 0.05) is 11.1 Å². The van der Waals surface area contributed by atoms with Gasteiger partial charge in [-0.1, -0.05) is 16.9 Å². The van der Waals surface area contributed by atoms with Crippen LogP contribution in [0.25, 0.3) is 5.65 Å². The number of aromatic nitrogens is 6. The van der Waals surface area contributed by atoms with Crippen molar-refractivity contribution in [1.29, 1.82) is 0 Å². The van der Waals surface area contributed by atoms with E-state index in [-0.39, 0.29) is 28.0 Å². The molecule has 2 aliphatic rings. The zero-order valence-corrected chi connectivity index (χ0v) is 26.6. The van der Waals surface area contributed by atoms with Crippen LogP contribution in [0.2, 0.25) is 0 Å². The van der Waals surface area contributed by atoms with Crippen molar-refractivity contribution in [2.75, 3.05) is 25.4 Å². The molecule has 2 atom stereocenters. The number of hydrogen-bond acceptors (Lipinski definition) is 17. The number of nitrogens with one attached hydrogen (secondary N) is 1. The first kappa shape index (κ1) is 31.9. The number of ether oxygens (including phenoxy) is 2. The van der Waals surface area contributed by atoms with Crippen molar-refractivity contribution in [3.8, 4) is 0 Å². The molecule has 0 spiro atoms. The Kier molecular flexibility index (Phi) is 9.34. The summed E-state index contributed by atoms with van der Waals surface area (Å²) in [6.45, 7) is 4.34. The fourth-order valence-corrected chi connectivity index (χ4v) is 6.47. The van der Waals surface area contributed by atoms with Gasteiger partial charge in [0.2, 0.25) is 6.79 Å². The van der Waals surface area contributed by atoms with Crippen LogP contribution in [0.1, 0.15) is 26.5 Å². The Balaban J connectivity index is 1.35. The van der Waals surface area contributed by atoms with Gasteiger partial charge in [0.15, 0.2) is 16.5 Å². The summed E-state index contributed by atoms with van der Waals surface area (Å²) in [6.07, 6.45) is 1.66. The molecule has 236 valence electrons. The van der Waals surface area contributed by atoms with Gasteiger partial charge in [-0.3, -0.25) is 19.3 Å². The normalized spacial score (nSPS) is 18.5. The smallest absolute Gasteiger partial charge is 0.358 e. The van der Waals surface area contributed by atoms with E-state index in [1.165, 1.54) is 45.5 Å². The fraction of sp³-hybridized carbons (Fsp3) is 0.360. The van der Waals surface area contributed by atoms with Crippen LogP contribution in [0, 0.1) is 5.41 Å². The van der Waals surface area contributed by atoms with E-state index in [0.29, 0.717) is 16.2 Å². The Morgan fingerprint density at radius 3 is 2.78 bits per heavy atom. The van der Waals surface area contributed by atoms with E-state index in [1.54, 1.807) is 44.4 Å². The van der Waals surface area contributed by atoms with Gasteiger partial charge in [-0.25, -0.2) is 9.78 Å². The number of tetrazole rings is 1. The van der Waals surface area contributed by atoms with Crippen molar-refractivity contribution in [3.05, 3.63) is 46.0 Å². The van der Waals surface area contributed by atoms with Crippen LogP contribution in [0.3, 0.4) is 0 Å². The molecule has 3 aromatic rings. The molecule has 2 aliphatic heterocycles. The molecule has 3 N–H and O–H groups in total. The minimum Gasteiger partial charge on any atom is -0.427 e. The predicted octanol–water partition coefficient (Wildman–Crippen LogP) is 0.958. The molecule has 45 heavy (non-hydrogen) atoms. The number of carbonyl (C=O) groups excluding carboxylic acids is 4. The first-order chi connectivity index (χ1) is 21.5. The van der Waals surface area contributed by atoms with Crippen molar-refractivity contribution in [2.24, 2.45) is 10.6 Å². The summed E-state index contributed by atoms with van der Waals surface area (Å²) in [5, 5.41) is 25.2. The third-order valence-corrected chi connectivity index (χ3v) is 8.84. The highest BCUT2D eigenvalue weighted by molar-refractivity contribution is 8.02. The van der Waals surface area contributed by atoms with Crippen LogP contribution in [-0.2, 0) is 33.5 Å². The first-order valence-electron chi connectivity index (χ1n) is 13.0. The van der Waals surface area contributed by atoms with Gasteiger partial charge < -0.3 is 25.4 Å². The number of fused-ring (bicyclic) bond motifs is 2.